The summed E-state index contributed by atoms with van der Waals surface area (Å²) >= 11 is 1.48. The van der Waals surface area contributed by atoms with Crippen LogP contribution in [0.4, 0.5) is 0 Å². The van der Waals surface area contributed by atoms with Gasteiger partial charge >= 0.3 is 0 Å². The highest BCUT2D eigenvalue weighted by molar-refractivity contribution is 7.98. The minimum absolute atomic E-state index is 0.121. The summed E-state index contributed by atoms with van der Waals surface area (Å²) < 4.78 is 5.10. The van der Waals surface area contributed by atoms with Crippen LogP contribution in [0.3, 0.4) is 0 Å². The molecule has 0 saturated carbocycles. The number of thioether (sulfide) groups is 1. The number of aryl methyl sites for hydroxylation is 1. The van der Waals surface area contributed by atoms with Crippen LogP contribution in [0.1, 0.15) is 52.2 Å². The Hall–Kier alpha value is -2.64. The molecule has 0 spiro atoms. The first-order chi connectivity index (χ1) is 15.2. The van der Waals surface area contributed by atoms with Crippen molar-refractivity contribution in [3.8, 4) is 0 Å². The molecule has 4 rings (SSSR count). The lowest BCUT2D eigenvalue weighted by Gasteiger charge is -2.26. The second-order valence-corrected chi connectivity index (χ2v) is 8.87. The van der Waals surface area contributed by atoms with E-state index >= 15 is 0 Å². The van der Waals surface area contributed by atoms with Gasteiger partial charge in [-0.25, -0.2) is 4.98 Å². The molecule has 31 heavy (non-hydrogen) atoms. The third-order valence-electron chi connectivity index (χ3n) is 5.38. The summed E-state index contributed by atoms with van der Waals surface area (Å²) in [5.41, 5.74) is 3.83. The molecule has 0 radical (unpaired) electrons. The Morgan fingerprint density at radius 1 is 1.13 bits per heavy atom. The molecule has 0 atom stereocenters. The van der Waals surface area contributed by atoms with Gasteiger partial charge in [-0.1, -0.05) is 47.6 Å². The van der Waals surface area contributed by atoms with Gasteiger partial charge < -0.3 is 9.84 Å². The molecule has 3 aromatic rings. The fraction of sp³-hybridized carbons (Fsp3) is 0.375. The van der Waals surface area contributed by atoms with Crippen molar-refractivity contribution in [2.24, 2.45) is 0 Å². The van der Waals surface area contributed by atoms with Gasteiger partial charge in [-0.05, 0) is 56.1 Å². The van der Waals surface area contributed by atoms with Crippen LogP contribution in [0.15, 0.2) is 58.2 Å². The summed E-state index contributed by atoms with van der Waals surface area (Å²) in [6.45, 7) is 5.75. The third-order valence-corrected chi connectivity index (χ3v) is 6.42. The van der Waals surface area contributed by atoms with Crippen molar-refractivity contribution in [1.29, 1.82) is 0 Å². The average molecular weight is 437 g/mol. The quantitative estimate of drug-likeness (QED) is 0.521. The average Bonchev–Trinajstić information content (AvgIpc) is 3.23. The van der Waals surface area contributed by atoms with Crippen LogP contribution in [0.5, 0.6) is 0 Å². The minimum Gasteiger partial charge on any atom is -0.361 e. The number of likely N-dealkylation sites (tertiary alicyclic amines) is 1. The number of benzene rings is 1. The fourth-order valence-corrected chi connectivity index (χ4v) is 4.60. The van der Waals surface area contributed by atoms with Crippen molar-refractivity contribution < 1.29 is 9.32 Å². The molecule has 1 N–H and O–H groups in total. The van der Waals surface area contributed by atoms with Crippen molar-refractivity contribution in [1.82, 2.24) is 20.4 Å². The molecule has 6 nitrogen and oxygen atoms in total. The lowest BCUT2D eigenvalue weighted by molar-refractivity contribution is 0.0947. The van der Waals surface area contributed by atoms with E-state index in [1.54, 1.807) is 18.3 Å². The second kappa shape index (κ2) is 10.6. The predicted molar refractivity (Wildman–Crippen MR) is 122 cm³/mol. The fourth-order valence-electron chi connectivity index (χ4n) is 3.72. The van der Waals surface area contributed by atoms with Crippen molar-refractivity contribution >= 4 is 17.7 Å². The Morgan fingerprint density at radius 2 is 1.90 bits per heavy atom. The summed E-state index contributed by atoms with van der Waals surface area (Å²) in [7, 11) is 0. The number of carbonyl (C=O) groups excluding carboxylic acids is 1. The van der Waals surface area contributed by atoms with Gasteiger partial charge in [0, 0.05) is 31.1 Å². The van der Waals surface area contributed by atoms with Gasteiger partial charge in [0.05, 0.1) is 11.3 Å². The van der Waals surface area contributed by atoms with Crippen LogP contribution in [-0.2, 0) is 18.8 Å². The molecule has 162 valence electrons. The number of hydrogen-bond acceptors (Lipinski definition) is 6. The molecule has 1 saturated heterocycles. The first-order valence-corrected chi connectivity index (χ1v) is 11.7. The normalized spacial score (nSPS) is 14.5. The van der Waals surface area contributed by atoms with Crippen molar-refractivity contribution in [2.45, 2.75) is 50.1 Å². The van der Waals surface area contributed by atoms with Crippen molar-refractivity contribution in [3.63, 3.8) is 0 Å². The monoisotopic (exact) mass is 436 g/mol. The molecular weight excluding hydrogens is 408 g/mol. The maximum absolute atomic E-state index is 12.8. The van der Waals surface area contributed by atoms with Crippen LogP contribution in [0.25, 0.3) is 0 Å². The van der Waals surface area contributed by atoms with Crippen LogP contribution < -0.4 is 5.32 Å². The lowest BCUT2D eigenvalue weighted by atomic mass is 10.1. The number of nitrogens with zero attached hydrogens (tertiary/aromatic N) is 3. The van der Waals surface area contributed by atoms with Crippen LogP contribution in [-0.4, -0.2) is 34.0 Å². The molecule has 7 heteroatoms. The second-order valence-electron chi connectivity index (χ2n) is 7.91. The van der Waals surface area contributed by atoms with E-state index in [1.165, 1.54) is 49.7 Å². The van der Waals surface area contributed by atoms with Gasteiger partial charge in [-0.15, -0.1) is 0 Å². The van der Waals surface area contributed by atoms with Gasteiger partial charge in [0.25, 0.3) is 5.91 Å². The zero-order chi connectivity index (χ0) is 21.5. The molecule has 1 aromatic carbocycles. The van der Waals surface area contributed by atoms with Gasteiger partial charge in [0.1, 0.15) is 10.8 Å². The number of piperidine rings is 1. The third kappa shape index (κ3) is 6.18. The zero-order valence-electron chi connectivity index (χ0n) is 17.8. The number of aromatic nitrogens is 2. The largest absolute Gasteiger partial charge is 0.361 e. The van der Waals surface area contributed by atoms with Gasteiger partial charge in [0.2, 0.25) is 0 Å². The van der Waals surface area contributed by atoms with Crippen LogP contribution in [0.2, 0.25) is 0 Å². The SMILES string of the molecule is Cc1cc(CSc2ncccc2C(=O)NCc2ccc(CN3CCCCC3)cc2)no1. The van der Waals surface area contributed by atoms with Crippen molar-refractivity contribution in [2.75, 3.05) is 13.1 Å². The lowest BCUT2D eigenvalue weighted by Crippen LogP contribution is -2.29. The molecular formula is C24H28N4O2S. The summed E-state index contributed by atoms with van der Waals surface area (Å²) in [5.74, 6) is 1.26. The van der Waals surface area contributed by atoms with Gasteiger partial charge in [-0.2, -0.15) is 0 Å². The number of rotatable bonds is 8. The van der Waals surface area contributed by atoms with E-state index in [-0.39, 0.29) is 5.91 Å². The summed E-state index contributed by atoms with van der Waals surface area (Å²) in [6.07, 6.45) is 5.66. The van der Waals surface area contributed by atoms with E-state index in [1.807, 2.05) is 13.0 Å². The van der Waals surface area contributed by atoms with Crippen LogP contribution >= 0.6 is 11.8 Å². The molecule has 1 amide bonds. The van der Waals surface area contributed by atoms with E-state index < -0.39 is 0 Å². The summed E-state index contributed by atoms with van der Waals surface area (Å²) in [4.78, 5) is 19.7. The number of hydrogen-bond donors (Lipinski definition) is 1. The Bertz CT molecular complexity index is 997. The Morgan fingerprint density at radius 3 is 2.65 bits per heavy atom. The smallest absolute Gasteiger partial charge is 0.254 e. The Kier molecular flexibility index (Phi) is 7.38. The van der Waals surface area contributed by atoms with E-state index in [2.05, 4.69) is 44.6 Å². The molecule has 1 aliphatic rings. The van der Waals surface area contributed by atoms with E-state index in [0.29, 0.717) is 22.9 Å². The Labute approximate surface area is 187 Å². The first-order valence-electron chi connectivity index (χ1n) is 10.8. The van der Waals surface area contributed by atoms with Gasteiger partial charge in [-0.3, -0.25) is 9.69 Å². The zero-order valence-corrected chi connectivity index (χ0v) is 18.7. The minimum atomic E-state index is -0.121. The molecule has 2 aromatic heterocycles. The number of pyridine rings is 1. The van der Waals surface area contributed by atoms with E-state index in [4.69, 9.17) is 4.52 Å². The molecule has 0 bridgehead atoms. The number of amides is 1. The van der Waals surface area contributed by atoms with Crippen LogP contribution in [0, 0.1) is 6.92 Å². The summed E-state index contributed by atoms with van der Waals surface area (Å²) in [5, 5.41) is 7.71. The Balaban J connectivity index is 1.31. The first kappa shape index (κ1) is 21.6. The predicted octanol–water partition coefficient (Wildman–Crippen LogP) is 4.59. The van der Waals surface area contributed by atoms with Gasteiger partial charge in [0.15, 0.2) is 0 Å². The molecule has 1 aliphatic heterocycles. The number of carbonyl (C=O) groups is 1. The highest BCUT2D eigenvalue weighted by Gasteiger charge is 2.14. The number of nitrogens with one attached hydrogen (secondary N) is 1. The van der Waals surface area contributed by atoms with E-state index in [0.717, 1.165) is 23.6 Å². The summed E-state index contributed by atoms with van der Waals surface area (Å²) in [6, 6.07) is 14.0. The maximum Gasteiger partial charge on any atom is 0.254 e. The molecule has 1 fully saturated rings. The molecule has 0 unspecified atom stereocenters. The van der Waals surface area contributed by atoms with E-state index in [9.17, 15) is 4.79 Å². The highest BCUT2D eigenvalue weighted by atomic mass is 32.2. The van der Waals surface area contributed by atoms with Crippen molar-refractivity contribution in [3.05, 3.63) is 76.8 Å². The topological polar surface area (TPSA) is 71.3 Å². The highest BCUT2D eigenvalue weighted by Crippen LogP contribution is 2.24. The maximum atomic E-state index is 12.8. The standard InChI is InChI=1S/C24H28N4O2S/c1-18-14-21(27-30-18)17-31-24-22(6-5-11-25-24)23(29)26-15-19-7-9-20(10-8-19)16-28-12-3-2-4-13-28/h5-11,14H,2-4,12-13,15-17H2,1H3,(H,26,29). The molecule has 3 heterocycles. The molecule has 0 aliphatic carbocycles.